The van der Waals surface area contributed by atoms with Crippen LogP contribution in [-0.2, 0) is 4.79 Å². The Morgan fingerprint density at radius 3 is 2.38 bits per heavy atom. The third-order valence-electron chi connectivity index (χ3n) is 3.15. The first-order chi connectivity index (χ1) is 7.54. The van der Waals surface area contributed by atoms with Gasteiger partial charge in [0.1, 0.15) is 0 Å². The van der Waals surface area contributed by atoms with Gasteiger partial charge in [0.15, 0.2) is 0 Å². The largest absolute Gasteiger partial charge is 0.478 e. The molecular weight excluding hydrogens is 204 g/mol. The summed E-state index contributed by atoms with van der Waals surface area (Å²) in [5.41, 5.74) is 5.92. The van der Waals surface area contributed by atoms with E-state index in [4.69, 9.17) is 10.8 Å². The zero-order chi connectivity index (χ0) is 12.1. The summed E-state index contributed by atoms with van der Waals surface area (Å²) in [6.45, 7) is 3.96. The van der Waals surface area contributed by atoms with Gasteiger partial charge in [-0.25, -0.2) is 4.79 Å². The van der Waals surface area contributed by atoms with Crippen LogP contribution in [0.2, 0.25) is 0 Å². The van der Waals surface area contributed by atoms with Crippen LogP contribution in [0.25, 0.3) is 0 Å². The SMILES string of the molecule is CC(=NC1CCC(C)CC1)C(=CN)C(=O)O. The monoisotopic (exact) mass is 224 g/mol. The van der Waals surface area contributed by atoms with Gasteiger partial charge in [0.2, 0.25) is 0 Å². The Bertz CT molecular complexity index is 313. The molecule has 0 aromatic rings. The van der Waals surface area contributed by atoms with E-state index >= 15 is 0 Å². The highest BCUT2D eigenvalue weighted by Crippen LogP contribution is 2.25. The average molecular weight is 224 g/mol. The second-order valence-corrected chi connectivity index (χ2v) is 4.51. The molecule has 0 atom stereocenters. The molecule has 1 aliphatic carbocycles. The summed E-state index contributed by atoms with van der Waals surface area (Å²) in [6.07, 6.45) is 5.57. The number of carboxylic acid groups (broad SMARTS) is 1. The van der Waals surface area contributed by atoms with Crippen molar-refractivity contribution in [2.45, 2.75) is 45.6 Å². The summed E-state index contributed by atoms with van der Waals surface area (Å²) < 4.78 is 0. The number of nitrogens with two attached hydrogens (primary N) is 1. The van der Waals surface area contributed by atoms with Crippen LogP contribution in [0.5, 0.6) is 0 Å². The second-order valence-electron chi connectivity index (χ2n) is 4.51. The molecule has 16 heavy (non-hydrogen) atoms. The quantitative estimate of drug-likeness (QED) is 0.568. The number of nitrogens with zero attached hydrogens (tertiary/aromatic N) is 1. The van der Waals surface area contributed by atoms with Crippen molar-refractivity contribution in [2.24, 2.45) is 16.6 Å². The van der Waals surface area contributed by atoms with Crippen LogP contribution in [0, 0.1) is 5.92 Å². The zero-order valence-corrected chi connectivity index (χ0v) is 9.94. The molecule has 0 bridgehead atoms. The number of hydrogen-bond donors (Lipinski definition) is 2. The number of aliphatic imine (C=N–C) groups is 1. The topological polar surface area (TPSA) is 75.7 Å². The molecule has 0 aromatic carbocycles. The van der Waals surface area contributed by atoms with Crippen LogP contribution < -0.4 is 5.73 Å². The summed E-state index contributed by atoms with van der Waals surface area (Å²) >= 11 is 0. The molecule has 0 spiro atoms. The highest BCUT2D eigenvalue weighted by Gasteiger charge is 2.19. The molecule has 1 rings (SSSR count). The lowest BCUT2D eigenvalue weighted by atomic mass is 9.87. The fraction of sp³-hybridized carbons (Fsp3) is 0.667. The fourth-order valence-corrected chi connectivity index (χ4v) is 2.06. The molecule has 0 aliphatic heterocycles. The molecule has 3 N–H and O–H groups in total. The number of aliphatic carboxylic acids is 1. The van der Waals surface area contributed by atoms with Crippen molar-refractivity contribution in [3.63, 3.8) is 0 Å². The highest BCUT2D eigenvalue weighted by atomic mass is 16.4. The third kappa shape index (κ3) is 3.36. The Hall–Kier alpha value is -1.32. The van der Waals surface area contributed by atoms with Crippen LogP contribution in [-0.4, -0.2) is 22.8 Å². The lowest BCUT2D eigenvalue weighted by molar-refractivity contribution is -0.132. The molecule has 4 heteroatoms. The lowest BCUT2D eigenvalue weighted by Gasteiger charge is -2.23. The maximum atomic E-state index is 10.8. The predicted molar refractivity (Wildman–Crippen MR) is 64.4 cm³/mol. The van der Waals surface area contributed by atoms with Crippen LogP contribution in [0.4, 0.5) is 0 Å². The van der Waals surface area contributed by atoms with Gasteiger partial charge in [0.05, 0.1) is 11.6 Å². The first kappa shape index (κ1) is 12.7. The normalized spacial score (nSPS) is 27.9. The summed E-state index contributed by atoms with van der Waals surface area (Å²) in [4.78, 5) is 15.3. The molecule has 0 saturated heterocycles. The smallest absolute Gasteiger partial charge is 0.339 e. The van der Waals surface area contributed by atoms with Crippen LogP contribution in [0.1, 0.15) is 39.5 Å². The minimum Gasteiger partial charge on any atom is -0.478 e. The molecule has 1 aliphatic rings. The Kier molecular flexibility index (Phi) is 4.52. The van der Waals surface area contributed by atoms with E-state index in [1.165, 1.54) is 12.8 Å². The van der Waals surface area contributed by atoms with E-state index in [1.54, 1.807) is 6.92 Å². The second kappa shape index (κ2) is 5.68. The molecule has 0 aromatic heterocycles. The van der Waals surface area contributed by atoms with Crippen molar-refractivity contribution < 1.29 is 9.90 Å². The predicted octanol–water partition coefficient (Wildman–Crippen LogP) is 1.95. The number of carboxylic acids is 1. The first-order valence-corrected chi connectivity index (χ1v) is 5.74. The van der Waals surface area contributed by atoms with Crippen molar-refractivity contribution in [3.05, 3.63) is 11.8 Å². The molecular formula is C12H20N2O2. The highest BCUT2D eigenvalue weighted by molar-refractivity contribution is 6.18. The molecule has 90 valence electrons. The van der Waals surface area contributed by atoms with Crippen LogP contribution in [0.3, 0.4) is 0 Å². The zero-order valence-electron chi connectivity index (χ0n) is 9.94. The average Bonchev–Trinajstić information content (AvgIpc) is 2.22. The molecule has 4 nitrogen and oxygen atoms in total. The van der Waals surface area contributed by atoms with Gasteiger partial charge in [-0.3, -0.25) is 4.99 Å². The van der Waals surface area contributed by atoms with Crippen molar-refractivity contribution in [3.8, 4) is 0 Å². The van der Waals surface area contributed by atoms with Gasteiger partial charge in [-0.2, -0.15) is 0 Å². The van der Waals surface area contributed by atoms with E-state index in [-0.39, 0.29) is 11.6 Å². The van der Waals surface area contributed by atoms with Crippen molar-refractivity contribution in [1.29, 1.82) is 0 Å². The van der Waals surface area contributed by atoms with Crippen molar-refractivity contribution in [1.82, 2.24) is 0 Å². The Morgan fingerprint density at radius 2 is 1.94 bits per heavy atom. The summed E-state index contributed by atoms with van der Waals surface area (Å²) in [5.74, 6) is -0.233. The van der Waals surface area contributed by atoms with Gasteiger partial charge < -0.3 is 10.8 Å². The molecule has 1 fully saturated rings. The minimum atomic E-state index is -1.01. The molecule has 1 saturated carbocycles. The Labute approximate surface area is 96.2 Å². The van der Waals surface area contributed by atoms with E-state index in [1.807, 2.05) is 0 Å². The molecule has 0 unspecified atom stereocenters. The first-order valence-electron chi connectivity index (χ1n) is 5.74. The minimum absolute atomic E-state index is 0.110. The Balaban J connectivity index is 2.66. The van der Waals surface area contributed by atoms with E-state index in [0.717, 1.165) is 25.0 Å². The maximum absolute atomic E-state index is 10.8. The van der Waals surface area contributed by atoms with Gasteiger partial charge in [0, 0.05) is 11.9 Å². The lowest BCUT2D eigenvalue weighted by Crippen LogP contribution is -2.19. The summed E-state index contributed by atoms with van der Waals surface area (Å²) in [5, 5.41) is 8.89. The molecule has 0 amide bonds. The number of rotatable bonds is 3. The van der Waals surface area contributed by atoms with Crippen molar-refractivity contribution >= 4 is 11.7 Å². The van der Waals surface area contributed by atoms with Crippen LogP contribution in [0.15, 0.2) is 16.8 Å². The number of hydrogen-bond acceptors (Lipinski definition) is 3. The van der Waals surface area contributed by atoms with E-state index in [2.05, 4.69) is 11.9 Å². The fourth-order valence-electron chi connectivity index (χ4n) is 2.06. The van der Waals surface area contributed by atoms with E-state index in [0.29, 0.717) is 5.71 Å². The Morgan fingerprint density at radius 1 is 1.38 bits per heavy atom. The van der Waals surface area contributed by atoms with Gasteiger partial charge in [-0.1, -0.05) is 6.92 Å². The number of carbonyl (C=O) groups is 1. The van der Waals surface area contributed by atoms with Gasteiger partial charge >= 0.3 is 5.97 Å². The maximum Gasteiger partial charge on any atom is 0.339 e. The van der Waals surface area contributed by atoms with E-state index in [9.17, 15) is 4.79 Å². The van der Waals surface area contributed by atoms with Gasteiger partial charge in [-0.15, -0.1) is 0 Å². The third-order valence-corrected chi connectivity index (χ3v) is 3.15. The van der Waals surface area contributed by atoms with E-state index < -0.39 is 5.97 Å². The van der Waals surface area contributed by atoms with Crippen molar-refractivity contribution in [2.75, 3.05) is 0 Å². The van der Waals surface area contributed by atoms with Gasteiger partial charge in [0.25, 0.3) is 0 Å². The van der Waals surface area contributed by atoms with Gasteiger partial charge in [-0.05, 0) is 38.5 Å². The molecule has 0 radical (unpaired) electrons. The standard InChI is InChI=1S/C12H20N2O2/c1-8-3-5-10(6-4-8)14-9(2)11(7-13)12(15)16/h7-8,10H,3-6,13H2,1-2H3,(H,15,16). The summed E-state index contributed by atoms with van der Waals surface area (Å²) in [7, 11) is 0. The summed E-state index contributed by atoms with van der Waals surface area (Å²) in [6, 6.07) is 0.269. The van der Waals surface area contributed by atoms with Crippen LogP contribution >= 0.6 is 0 Å². The molecule has 0 heterocycles.